The van der Waals surface area contributed by atoms with Gasteiger partial charge < -0.3 is 10.0 Å². The second kappa shape index (κ2) is 6.73. The zero-order valence-electron chi connectivity index (χ0n) is 13.2. The average Bonchev–Trinajstić information content (AvgIpc) is 2.41. The minimum atomic E-state index is -0.404. The van der Waals surface area contributed by atoms with Crippen molar-refractivity contribution in [3.8, 4) is 0 Å². The highest BCUT2D eigenvalue weighted by atomic mass is 16.3. The number of nitrogens with zero attached hydrogens (tertiary/aromatic N) is 1. The van der Waals surface area contributed by atoms with Gasteiger partial charge >= 0.3 is 0 Å². The highest BCUT2D eigenvalue weighted by Gasteiger charge is 2.32. The highest BCUT2D eigenvalue weighted by molar-refractivity contribution is 5.19. The predicted molar refractivity (Wildman–Crippen MR) is 84.6 cm³/mol. The number of hydrogen-bond acceptors (Lipinski definition) is 2. The van der Waals surface area contributed by atoms with Gasteiger partial charge in [0.15, 0.2) is 0 Å². The van der Waals surface area contributed by atoms with Crippen LogP contribution in [0.25, 0.3) is 0 Å². The fourth-order valence-corrected chi connectivity index (χ4v) is 3.10. The maximum Gasteiger partial charge on any atom is 0.0853 e. The van der Waals surface area contributed by atoms with Crippen LogP contribution in [0.4, 0.5) is 0 Å². The molecule has 0 aliphatic heterocycles. The molecule has 1 unspecified atom stereocenters. The van der Waals surface area contributed by atoms with Gasteiger partial charge in [-0.3, -0.25) is 0 Å². The zero-order chi connectivity index (χ0) is 14.6. The monoisotopic (exact) mass is 275 g/mol. The van der Waals surface area contributed by atoms with Gasteiger partial charge in [0.2, 0.25) is 0 Å². The first kappa shape index (κ1) is 15.5. The Labute approximate surface area is 123 Å². The van der Waals surface area contributed by atoms with E-state index < -0.39 is 6.10 Å². The summed E-state index contributed by atoms with van der Waals surface area (Å²) in [4.78, 5) is 2.51. The summed E-state index contributed by atoms with van der Waals surface area (Å²) in [5.41, 5.74) is 0.901. The molecule has 2 nitrogen and oxygen atoms in total. The number of aliphatic hydroxyl groups is 1. The van der Waals surface area contributed by atoms with Crippen molar-refractivity contribution in [1.82, 2.24) is 4.90 Å². The maximum atomic E-state index is 10.7. The lowest BCUT2D eigenvalue weighted by Gasteiger charge is -2.39. The maximum absolute atomic E-state index is 10.7. The topological polar surface area (TPSA) is 23.5 Å². The third-order valence-electron chi connectivity index (χ3n) is 4.68. The molecular formula is C18H29NO. The van der Waals surface area contributed by atoms with Crippen LogP contribution >= 0.6 is 0 Å². The van der Waals surface area contributed by atoms with Crippen LogP contribution in [0.15, 0.2) is 30.3 Å². The molecule has 0 heterocycles. The van der Waals surface area contributed by atoms with E-state index in [1.54, 1.807) is 0 Å². The van der Waals surface area contributed by atoms with Crippen molar-refractivity contribution in [2.24, 2.45) is 11.3 Å². The van der Waals surface area contributed by atoms with Crippen molar-refractivity contribution in [1.29, 1.82) is 0 Å². The van der Waals surface area contributed by atoms with Crippen molar-refractivity contribution in [3.63, 3.8) is 0 Å². The van der Waals surface area contributed by atoms with Gasteiger partial charge in [-0.1, -0.05) is 57.5 Å². The summed E-state index contributed by atoms with van der Waals surface area (Å²) >= 11 is 0. The lowest BCUT2D eigenvalue weighted by molar-refractivity contribution is 0.0146. The number of aliphatic hydroxyl groups excluding tert-OH is 1. The molecule has 1 aliphatic rings. The van der Waals surface area contributed by atoms with E-state index >= 15 is 0 Å². The minimum absolute atomic E-state index is 0.124. The Morgan fingerprint density at radius 3 is 2.40 bits per heavy atom. The molecule has 0 amide bonds. The molecule has 0 bridgehead atoms. The third-order valence-corrected chi connectivity index (χ3v) is 4.68. The minimum Gasteiger partial charge on any atom is -0.388 e. The van der Waals surface area contributed by atoms with E-state index in [2.05, 4.69) is 25.7 Å². The summed E-state index contributed by atoms with van der Waals surface area (Å²) in [7, 11) is 0. The predicted octanol–water partition coefficient (Wildman–Crippen LogP) is 3.87. The molecule has 0 aromatic heterocycles. The first-order valence-electron chi connectivity index (χ1n) is 7.98. The van der Waals surface area contributed by atoms with Crippen molar-refractivity contribution in [2.75, 3.05) is 19.6 Å². The summed E-state index contributed by atoms with van der Waals surface area (Å²) in [6.07, 6.45) is 3.77. The van der Waals surface area contributed by atoms with Crippen LogP contribution in [0, 0.1) is 11.3 Å². The van der Waals surface area contributed by atoms with E-state index in [9.17, 15) is 5.11 Å². The number of benzene rings is 1. The van der Waals surface area contributed by atoms with E-state index in [4.69, 9.17) is 0 Å². The SMILES string of the molecule is CCN(CC1CCC1)CC(C)(C)C(O)c1ccccc1. The molecule has 0 radical (unpaired) electrons. The molecule has 2 heteroatoms. The third kappa shape index (κ3) is 3.83. The van der Waals surface area contributed by atoms with Crippen molar-refractivity contribution in [2.45, 2.75) is 46.1 Å². The molecule has 1 aliphatic carbocycles. The molecule has 1 saturated carbocycles. The Morgan fingerprint density at radius 2 is 1.90 bits per heavy atom. The molecule has 1 aromatic carbocycles. The molecule has 0 saturated heterocycles. The largest absolute Gasteiger partial charge is 0.388 e. The molecule has 20 heavy (non-hydrogen) atoms. The standard InChI is InChI=1S/C18H29NO/c1-4-19(13-15-9-8-10-15)14-18(2,3)17(20)16-11-6-5-7-12-16/h5-7,11-12,15,17,20H,4,8-10,13-14H2,1-3H3. The van der Waals surface area contributed by atoms with E-state index in [1.807, 2.05) is 30.3 Å². The van der Waals surface area contributed by atoms with E-state index in [0.29, 0.717) is 0 Å². The van der Waals surface area contributed by atoms with E-state index in [-0.39, 0.29) is 5.41 Å². The van der Waals surface area contributed by atoms with Crippen LogP contribution in [0.2, 0.25) is 0 Å². The molecule has 0 spiro atoms. The smallest absolute Gasteiger partial charge is 0.0853 e. The summed E-state index contributed by atoms with van der Waals surface area (Å²) in [5.74, 6) is 0.889. The Bertz CT molecular complexity index is 397. The molecular weight excluding hydrogens is 246 g/mol. The molecule has 112 valence electrons. The molecule has 2 rings (SSSR count). The molecule has 1 aromatic rings. The van der Waals surface area contributed by atoms with Gasteiger partial charge in [0.05, 0.1) is 6.10 Å². The van der Waals surface area contributed by atoms with Crippen LogP contribution in [-0.2, 0) is 0 Å². The van der Waals surface area contributed by atoms with Crippen LogP contribution in [0.1, 0.15) is 51.7 Å². The van der Waals surface area contributed by atoms with Crippen LogP contribution in [0.5, 0.6) is 0 Å². The fourth-order valence-electron chi connectivity index (χ4n) is 3.10. The second-order valence-electron chi connectivity index (χ2n) is 6.93. The van der Waals surface area contributed by atoms with Gasteiger partial charge in [0.25, 0.3) is 0 Å². The summed E-state index contributed by atoms with van der Waals surface area (Å²) in [5, 5.41) is 10.7. The molecule has 1 fully saturated rings. The first-order valence-corrected chi connectivity index (χ1v) is 7.98. The Balaban J connectivity index is 1.97. The van der Waals surface area contributed by atoms with Gasteiger partial charge in [-0.15, -0.1) is 0 Å². The first-order chi connectivity index (χ1) is 9.53. The fraction of sp³-hybridized carbons (Fsp3) is 0.667. The number of hydrogen-bond donors (Lipinski definition) is 1. The quantitative estimate of drug-likeness (QED) is 0.816. The van der Waals surface area contributed by atoms with Gasteiger partial charge in [-0.25, -0.2) is 0 Å². The summed E-state index contributed by atoms with van der Waals surface area (Å²) in [6, 6.07) is 10.0. The van der Waals surface area contributed by atoms with Crippen LogP contribution < -0.4 is 0 Å². The van der Waals surface area contributed by atoms with E-state index in [1.165, 1.54) is 25.8 Å². The lowest BCUT2D eigenvalue weighted by atomic mass is 9.80. The zero-order valence-corrected chi connectivity index (χ0v) is 13.2. The molecule has 1 atom stereocenters. The Hall–Kier alpha value is -0.860. The summed E-state index contributed by atoms with van der Waals surface area (Å²) < 4.78 is 0. The Kier molecular flexibility index (Phi) is 5.22. The average molecular weight is 275 g/mol. The van der Waals surface area contributed by atoms with Crippen molar-refractivity contribution in [3.05, 3.63) is 35.9 Å². The van der Waals surface area contributed by atoms with E-state index in [0.717, 1.165) is 24.6 Å². The van der Waals surface area contributed by atoms with Gasteiger partial charge in [-0.2, -0.15) is 0 Å². The lowest BCUT2D eigenvalue weighted by Crippen LogP contribution is -2.41. The summed E-state index contributed by atoms with van der Waals surface area (Å²) in [6.45, 7) is 9.80. The number of rotatable bonds is 7. The Morgan fingerprint density at radius 1 is 1.25 bits per heavy atom. The van der Waals surface area contributed by atoms with Crippen LogP contribution in [0.3, 0.4) is 0 Å². The molecule has 1 N–H and O–H groups in total. The van der Waals surface area contributed by atoms with Gasteiger partial charge in [0, 0.05) is 18.5 Å². The van der Waals surface area contributed by atoms with Crippen molar-refractivity contribution < 1.29 is 5.11 Å². The second-order valence-corrected chi connectivity index (χ2v) is 6.93. The van der Waals surface area contributed by atoms with Gasteiger partial charge in [0.1, 0.15) is 0 Å². The van der Waals surface area contributed by atoms with Crippen LogP contribution in [-0.4, -0.2) is 29.6 Å². The van der Waals surface area contributed by atoms with Crippen molar-refractivity contribution >= 4 is 0 Å². The highest BCUT2D eigenvalue weighted by Crippen LogP contribution is 2.35. The normalized spacial score (nSPS) is 18.1. The van der Waals surface area contributed by atoms with Gasteiger partial charge in [-0.05, 0) is 30.9 Å².